The number of nitrogens with zero attached hydrogens (tertiary/aromatic N) is 6. The van der Waals surface area contributed by atoms with Crippen molar-refractivity contribution in [2.75, 3.05) is 6.54 Å². The molecule has 258 valence electrons. The number of hydrogen-bond acceptors (Lipinski definition) is 6. The van der Waals surface area contributed by atoms with Crippen LogP contribution in [0.15, 0.2) is 42.7 Å². The van der Waals surface area contributed by atoms with Crippen LogP contribution in [-0.4, -0.2) is 59.4 Å². The lowest BCUT2D eigenvalue weighted by molar-refractivity contribution is 0.0603. The number of aromatic nitrogens is 5. The molecule has 4 bridgehead atoms. The third-order valence-electron chi connectivity index (χ3n) is 11.4. The number of halogens is 2. The Hall–Kier alpha value is -4.71. The number of piperidine rings is 1. The summed E-state index contributed by atoms with van der Waals surface area (Å²) in [5, 5.41) is 3.84. The van der Waals surface area contributed by atoms with E-state index in [0.717, 1.165) is 74.3 Å². The zero-order chi connectivity index (χ0) is 34.3. The van der Waals surface area contributed by atoms with Gasteiger partial charge in [0.05, 0.1) is 34.7 Å². The lowest BCUT2D eigenvalue weighted by Crippen LogP contribution is -2.51. The van der Waals surface area contributed by atoms with E-state index in [-0.39, 0.29) is 29.6 Å². The number of hydrogen-bond donors (Lipinski definition) is 2. The molecule has 12 heteroatoms. The number of rotatable bonds is 3. The van der Waals surface area contributed by atoms with Crippen LogP contribution in [0.1, 0.15) is 102 Å². The molecule has 6 heterocycles. The summed E-state index contributed by atoms with van der Waals surface area (Å²) >= 11 is 0. The number of fused-ring (bicyclic) bond motifs is 5. The maximum atomic E-state index is 16.3. The van der Waals surface area contributed by atoms with E-state index < -0.39 is 23.6 Å². The van der Waals surface area contributed by atoms with Crippen LogP contribution >= 0.6 is 0 Å². The van der Waals surface area contributed by atoms with Crippen LogP contribution in [0.2, 0.25) is 0 Å². The van der Waals surface area contributed by atoms with Gasteiger partial charge >= 0.3 is 0 Å². The maximum absolute atomic E-state index is 16.3. The summed E-state index contributed by atoms with van der Waals surface area (Å²) in [5.41, 5.74) is 10.4. The van der Waals surface area contributed by atoms with Crippen LogP contribution in [0.5, 0.6) is 0 Å². The number of nitrogens with two attached hydrogens (primary N) is 1. The molecule has 3 N–H and O–H groups in total. The first-order chi connectivity index (χ1) is 24.2. The molecule has 1 saturated heterocycles. The minimum atomic E-state index is -0.629. The van der Waals surface area contributed by atoms with Gasteiger partial charge in [-0.1, -0.05) is 6.42 Å². The average molecular weight is 679 g/mol. The first kappa shape index (κ1) is 31.3. The van der Waals surface area contributed by atoms with Gasteiger partial charge in [-0.2, -0.15) is 0 Å². The van der Waals surface area contributed by atoms with Crippen LogP contribution in [0.4, 0.5) is 8.78 Å². The molecule has 4 aromatic heterocycles. The third-order valence-corrected chi connectivity index (χ3v) is 11.4. The van der Waals surface area contributed by atoms with Gasteiger partial charge in [-0.25, -0.2) is 18.7 Å². The lowest BCUT2D eigenvalue weighted by Gasteiger charge is -2.37. The number of nitrogens with one attached hydrogen (secondary N) is 1. The molecule has 4 atom stereocenters. The van der Waals surface area contributed by atoms with Crippen LogP contribution in [-0.2, 0) is 13.0 Å². The molecule has 3 fully saturated rings. The fourth-order valence-electron chi connectivity index (χ4n) is 8.60. The first-order valence-electron chi connectivity index (χ1n) is 18.0. The molecule has 9 rings (SSSR count). The van der Waals surface area contributed by atoms with E-state index in [0.29, 0.717) is 59.1 Å². The van der Waals surface area contributed by atoms with Gasteiger partial charge in [-0.15, -0.1) is 0 Å². The van der Waals surface area contributed by atoms with Gasteiger partial charge in [0, 0.05) is 48.4 Å². The van der Waals surface area contributed by atoms with Crippen molar-refractivity contribution in [3.05, 3.63) is 76.7 Å². The second-order valence-corrected chi connectivity index (χ2v) is 14.7. The Labute approximate surface area is 288 Å². The molecule has 4 aliphatic rings. The highest BCUT2D eigenvalue weighted by Gasteiger charge is 2.41. The number of pyridine rings is 2. The zero-order valence-corrected chi connectivity index (χ0v) is 28.0. The second-order valence-electron chi connectivity index (χ2n) is 14.7. The molecule has 2 aliphatic carbocycles. The van der Waals surface area contributed by atoms with Crippen LogP contribution in [0.3, 0.4) is 0 Å². The van der Waals surface area contributed by atoms with Crippen LogP contribution in [0.25, 0.3) is 33.6 Å². The molecule has 10 nitrogen and oxygen atoms in total. The quantitative estimate of drug-likeness (QED) is 0.233. The number of likely N-dealkylation sites (tertiary alicyclic amines) is 1. The van der Waals surface area contributed by atoms with E-state index in [1.807, 2.05) is 28.5 Å². The van der Waals surface area contributed by atoms with E-state index in [9.17, 15) is 14.0 Å². The fourth-order valence-corrected chi connectivity index (χ4v) is 8.60. The molecule has 2 amide bonds. The standard InChI is InChI=1S/C38H40F2N8O2/c1-20-30-11-7-22-16-32(46(35(22)44-30)12-4-2-3-5-23-17-42-18-28(40)33(23)37(49)43-20)36-45-31-15-24(14-27(39)34(31)48(36)25-9-10-25)38(50)47-19-29(41)21-6-8-26(47)13-21/h7,11,14-18,20-21,25-26,29H,2-6,8-10,12-13,19,41H2,1H3,(H,43,49)/t20-,21-,26+,29+/m1/s1. The van der Waals surface area contributed by atoms with Crippen molar-refractivity contribution in [3.63, 3.8) is 0 Å². The van der Waals surface area contributed by atoms with E-state index in [4.69, 9.17) is 15.7 Å². The van der Waals surface area contributed by atoms with Gasteiger partial charge in [-0.3, -0.25) is 14.6 Å². The highest BCUT2D eigenvalue weighted by Crippen LogP contribution is 2.44. The predicted molar refractivity (Wildman–Crippen MR) is 184 cm³/mol. The summed E-state index contributed by atoms with van der Waals surface area (Å²) in [5.74, 6) is -0.644. The van der Waals surface area contributed by atoms with Crippen LogP contribution < -0.4 is 11.1 Å². The molecule has 5 aromatic rings. The van der Waals surface area contributed by atoms with Crippen molar-refractivity contribution in [1.82, 2.24) is 34.3 Å². The summed E-state index contributed by atoms with van der Waals surface area (Å²) in [6.07, 6.45) is 10.3. The number of amides is 2. The summed E-state index contributed by atoms with van der Waals surface area (Å²) in [7, 11) is 0. The zero-order valence-electron chi connectivity index (χ0n) is 28.0. The Kier molecular flexibility index (Phi) is 7.49. The smallest absolute Gasteiger partial charge is 0.255 e. The molecular weight excluding hydrogens is 638 g/mol. The Morgan fingerprint density at radius 2 is 1.82 bits per heavy atom. The van der Waals surface area contributed by atoms with E-state index in [2.05, 4.69) is 20.9 Å². The van der Waals surface area contributed by atoms with Gasteiger partial charge in [0.15, 0.2) is 11.6 Å². The van der Waals surface area contributed by atoms with E-state index in [1.54, 1.807) is 12.3 Å². The summed E-state index contributed by atoms with van der Waals surface area (Å²) in [6.45, 7) is 2.97. The minimum Gasteiger partial charge on any atom is -0.344 e. The van der Waals surface area contributed by atoms with Gasteiger partial charge < -0.3 is 25.1 Å². The molecule has 0 unspecified atom stereocenters. The molecule has 0 radical (unpaired) electrons. The average Bonchev–Trinajstić information content (AvgIpc) is 3.56. The Bertz CT molecular complexity index is 2190. The highest BCUT2D eigenvalue weighted by atomic mass is 19.1. The Balaban J connectivity index is 1.13. The number of benzene rings is 1. The van der Waals surface area contributed by atoms with E-state index >= 15 is 4.39 Å². The van der Waals surface area contributed by atoms with Crippen molar-refractivity contribution < 1.29 is 18.4 Å². The molecule has 50 heavy (non-hydrogen) atoms. The second kappa shape index (κ2) is 12.0. The van der Waals surface area contributed by atoms with Gasteiger partial charge in [0.2, 0.25) is 0 Å². The monoisotopic (exact) mass is 678 g/mol. The van der Waals surface area contributed by atoms with Crippen molar-refractivity contribution in [3.8, 4) is 11.5 Å². The van der Waals surface area contributed by atoms with Gasteiger partial charge in [0.25, 0.3) is 11.8 Å². The van der Waals surface area contributed by atoms with Crippen LogP contribution in [0, 0.1) is 17.6 Å². The largest absolute Gasteiger partial charge is 0.344 e. The van der Waals surface area contributed by atoms with Gasteiger partial charge in [0.1, 0.15) is 17.0 Å². The third kappa shape index (κ3) is 5.18. The van der Waals surface area contributed by atoms with Gasteiger partial charge in [-0.05, 0) is 100 Å². The topological polar surface area (TPSA) is 124 Å². The Morgan fingerprint density at radius 1 is 0.980 bits per heavy atom. The highest BCUT2D eigenvalue weighted by molar-refractivity contribution is 5.99. The summed E-state index contributed by atoms with van der Waals surface area (Å²) in [4.78, 5) is 43.1. The predicted octanol–water partition coefficient (Wildman–Crippen LogP) is 6.23. The fraction of sp³-hybridized carbons (Fsp3) is 0.447. The molecule has 0 spiro atoms. The number of aryl methyl sites for hydroxylation is 2. The van der Waals surface area contributed by atoms with Crippen molar-refractivity contribution in [2.24, 2.45) is 11.7 Å². The number of imidazole rings is 1. The molecule has 2 saturated carbocycles. The number of carbonyl (C=O) groups is 2. The number of carbonyl (C=O) groups excluding carboxylic acids is 2. The van der Waals surface area contributed by atoms with Crippen molar-refractivity contribution >= 4 is 33.9 Å². The first-order valence-corrected chi connectivity index (χ1v) is 18.0. The molecular formula is C38H40F2N8O2. The minimum absolute atomic E-state index is 0.0402. The van der Waals surface area contributed by atoms with Crippen molar-refractivity contribution in [2.45, 2.75) is 95.4 Å². The summed E-state index contributed by atoms with van der Waals surface area (Å²) in [6, 6.07) is 8.74. The SMILES string of the molecule is C[C@H]1NC(=O)c2c(F)cncc2CCCCCn2c(-c3nc4cc(C(=O)N5C[C@H](N)[C@@H]6CC[C@H]5C6)cc(F)c4n3C3CC3)cc3ccc1nc32. The normalized spacial score (nSPS) is 24.1. The Morgan fingerprint density at radius 3 is 2.66 bits per heavy atom. The van der Waals surface area contributed by atoms with Crippen molar-refractivity contribution in [1.29, 1.82) is 0 Å². The maximum Gasteiger partial charge on any atom is 0.255 e. The lowest BCUT2D eigenvalue weighted by atomic mass is 9.94. The molecule has 1 aromatic carbocycles. The molecule has 2 aliphatic heterocycles. The van der Waals surface area contributed by atoms with E-state index in [1.165, 1.54) is 6.07 Å². The summed E-state index contributed by atoms with van der Waals surface area (Å²) < 4.78 is 35.3.